The first-order chi connectivity index (χ1) is 15.4. The number of fused-ring (bicyclic) bond motifs is 2. The number of rotatable bonds is 16. The molecule has 2 bridgehead atoms. The van der Waals surface area contributed by atoms with Gasteiger partial charge in [-0.25, -0.2) is 0 Å². The number of carbonyl (C=O) groups excluding carboxylic acids is 3. The Morgan fingerprint density at radius 1 is 0.906 bits per heavy atom. The van der Waals surface area contributed by atoms with Crippen molar-refractivity contribution in [1.82, 2.24) is 10.6 Å². The molecule has 0 saturated carbocycles. The molecular weight excluding hydrogens is 404 g/mol. The normalized spacial score (nSPS) is 24.5. The van der Waals surface area contributed by atoms with Crippen LogP contribution in [-0.4, -0.2) is 42.9 Å². The molecule has 6 nitrogen and oxygen atoms in total. The number of nitrogens with one attached hydrogen (secondary N) is 2. The maximum Gasteiger partial charge on any atom is 0.239 e. The molecule has 0 aromatic heterocycles. The van der Waals surface area contributed by atoms with Crippen LogP contribution in [0.5, 0.6) is 0 Å². The average Bonchev–Trinajstić information content (AvgIpc) is 3.36. The Balaban J connectivity index is 1.63. The summed E-state index contributed by atoms with van der Waals surface area (Å²) in [5.74, 6) is 1.18. The summed E-state index contributed by atoms with van der Waals surface area (Å²) in [5, 5.41) is 5.62. The molecule has 0 aliphatic carbocycles. The largest absolute Gasteiger partial charge is 0.374 e. The molecule has 2 saturated heterocycles. The van der Waals surface area contributed by atoms with Crippen LogP contribution in [-0.2, 0) is 19.1 Å². The van der Waals surface area contributed by atoms with Gasteiger partial charge in [0.05, 0.1) is 18.8 Å². The highest BCUT2D eigenvalue weighted by molar-refractivity contribution is 5.84. The van der Waals surface area contributed by atoms with E-state index in [9.17, 15) is 14.4 Å². The quantitative estimate of drug-likeness (QED) is 0.269. The first kappa shape index (κ1) is 26.6. The van der Waals surface area contributed by atoms with E-state index >= 15 is 0 Å². The molecule has 32 heavy (non-hydrogen) atoms. The molecule has 0 aromatic carbocycles. The lowest BCUT2D eigenvalue weighted by molar-refractivity contribution is -0.126. The van der Waals surface area contributed by atoms with Gasteiger partial charge in [0, 0.05) is 25.3 Å². The number of amides is 2. The molecule has 2 amide bonds. The maximum atomic E-state index is 11.9. The van der Waals surface area contributed by atoms with E-state index in [0.29, 0.717) is 43.4 Å². The SMILES string of the molecule is CCCCCC(=O)NCC(=O)NCCCC[C@@H]1[C@H](C(C)=CCCCC(C)=O)[C@@H]2CC[C@H]1O2. The molecule has 0 unspecified atom stereocenters. The van der Waals surface area contributed by atoms with E-state index < -0.39 is 0 Å². The average molecular weight is 449 g/mol. The van der Waals surface area contributed by atoms with Crippen LogP contribution in [0, 0.1) is 11.8 Å². The molecule has 0 aromatic rings. The second-order valence-electron chi connectivity index (χ2n) is 9.60. The van der Waals surface area contributed by atoms with Crippen molar-refractivity contribution in [2.45, 2.75) is 110 Å². The van der Waals surface area contributed by atoms with E-state index in [2.05, 4.69) is 30.6 Å². The van der Waals surface area contributed by atoms with E-state index in [-0.39, 0.29) is 24.1 Å². The van der Waals surface area contributed by atoms with E-state index in [1.807, 2.05) is 0 Å². The molecule has 2 fully saturated rings. The molecule has 182 valence electrons. The third-order valence-corrected chi connectivity index (χ3v) is 6.89. The molecule has 4 atom stereocenters. The van der Waals surface area contributed by atoms with Crippen molar-refractivity contribution in [3.63, 3.8) is 0 Å². The lowest BCUT2D eigenvalue weighted by atomic mass is 9.73. The fourth-order valence-corrected chi connectivity index (χ4v) is 5.19. The van der Waals surface area contributed by atoms with E-state index in [0.717, 1.165) is 64.2 Å². The summed E-state index contributed by atoms with van der Waals surface area (Å²) in [6.07, 6.45) is 14.6. The molecule has 2 aliphatic heterocycles. The van der Waals surface area contributed by atoms with Crippen molar-refractivity contribution < 1.29 is 19.1 Å². The molecule has 0 spiro atoms. The minimum atomic E-state index is -0.112. The fraction of sp³-hybridized carbons (Fsp3) is 0.808. The standard InChI is InChI=1S/C26H44N2O4/c1-4-5-6-14-24(30)28-18-25(31)27-17-10-9-13-21-22-15-16-23(32-22)26(21)19(2)11-7-8-12-20(3)29/h11,21-23,26H,4-10,12-18H2,1-3H3,(H,27,31)(H,28,30)/t21-,22+,23-,26-/m0/s1. The van der Waals surface area contributed by atoms with Gasteiger partial charge in [-0.1, -0.05) is 37.8 Å². The van der Waals surface area contributed by atoms with Gasteiger partial charge >= 0.3 is 0 Å². The number of allylic oxidation sites excluding steroid dienone is 1. The first-order valence-corrected chi connectivity index (χ1v) is 12.8. The zero-order chi connectivity index (χ0) is 23.3. The topological polar surface area (TPSA) is 84.5 Å². The highest BCUT2D eigenvalue weighted by atomic mass is 16.5. The van der Waals surface area contributed by atoms with Gasteiger partial charge in [0.2, 0.25) is 11.8 Å². The monoisotopic (exact) mass is 448 g/mol. The zero-order valence-electron chi connectivity index (χ0n) is 20.4. The summed E-state index contributed by atoms with van der Waals surface area (Å²) in [7, 11) is 0. The van der Waals surface area contributed by atoms with Crippen LogP contribution in [0.3, 0.4) is 0 Å². The van der Waals surface area contributed by atoms with Crippen molar-refractivity contribution in [1.29, 1.82) is 0 Å². The summed E-state index contributed by atoms with van der Waals surface area (Å²) < 4.78 is 6.24. The molecule has 2 rings (SSSR count). The molecule has 2 heterocycles. The third-order valence-electron chi connectivity index (χ3n) is 6.89. The number of carbonyl (C=O) groups is 3. The van der Waals surface area contributed by atoms with Crippen molar-refractivity contribution >= 4 is 17.6 Å². The van der Waals surface area contributed by atoms with Crippen LogP contribution in [0.2, 0.25) is 0 Å². The van der Waals surface area contributed by atoms with E-state index in [1.165, 1.54) is 5.57 Å². The lowest BCUT2D eigenvalue weighted by Crippen LogP contribution is -2.37. The fourth-order valence-electron chi connectivity index (χ4n) is 5.19. The van der Waals surface area contributed by atoms with E-state index in [1.54, 1.807) is 6.92 Å². The Morgan fingerprint density at radius 3 is 2.44 bits per heavy atom. The second kappa shape index (κ2) is 14.5. The van der Waals surface area contributed by atoms with Gasteiger partial charge in [0.15, 0.2) is 0 Å². The first-order valence-electron chi connectivity index (χ1n) is 12.8. The number of ketones is 1. The third kappa shape index (κ3) is 9.05. The van der Waals surface area contributed by atoms with Crippen LogP contribution >= 0.6 is 0 Å². The van der Waals surface area contributed by atoms with E-state index in [4.69, 9.17) is 4.74 Å². The summed E-state index contributed by atoms with van der Waals surface area (Å²) in [6, 6.07) is 0. The Kier molecular flexibility index (Phi) is 12.0. The Hall–Kier alpha value is -1.69. The highest BCUT2D eigenvalue weighted by Gasteiger charge is 2.48. The zero-order valence-corrected chi connectivity index (χ0v) is 20.4. The Bertz CT molecular complexity index is 646. The van der Waals surface area contributed by atoms with Crippen LogP contribution in [0.15, 0.2) is 11.6 Å². The smallest absolute Gasteiger partial charge is 0.239 e. The van der Waals surface area contributed by atoms with Crippen LogP contribution in [0.25, 0.3) is 0 Å². The second-order valence-corrected chi connectivity index (χ2v) is 9.60. The number of Topliss-reactive ketones (excluding diaryl/α,β-unsaturated/α-hetero) is 1. The van der Waals surface area contributed by atoms with Crippen molar-refractivity contribution in [2.24, 2.45) is 11.8 Å². The van der Waals surface area contributed by atoms with Crippen molar-refractivity contribution in [3.05, 3.63) is 11.6 Å². The molecular formula is C26H44N2O4. The number of ether oxygens (including phenoxy) is 1. The summed E-state index contributed by atoms with van der Waals surface area (Å²) in [4.78, 5) is 34.8. The van der Waals surface area contributed by atoms with Crippen molar-refractivity contribution in [3.8, 4) is 0 Å². The van der Waals surface area contributed by atoms with Gasteiger partial charge in [0.1, 0.15) is 5.78 Å². The Labute approximate surface area is 194 Å². The minimum Gasteiger partial charge on any atom is -0.374 e. The maximum absolute atomic E-state index is 11.9. The summed E-state index contributed by atoms with van der Waals surface area (Å²) in [6.45, 7) is 6.71. The summed E-state index contributed by atoms with van der Waals surface area (Å²) >= 11 is 0. The van der Waals surface area contributed by atoms with Crippen LogP contribution < -0.4 is 10.6 Å². The van der Waals surface area contributed by atoms with Gasteiger partial charge < -0.3 is 20.2 Å². The highest BCUT2D eigenvalue weighted by Crippen LogP contribution is 2.48. The van der Waals surface area contributed by atoms with Crippen molar-refractivity contribution in [2.75, 3.05) is 13.1 Å². The molecule has 2 N–H and O–H groups in total. The number of unbranched alkanes of at least 4 members (excludes halogenated alkanes) is 4. The molecule has 0 radical (unpaired) electrons. The predicted octanol–water partition coefficient (Wildman–Crippen LogP) is 4.47. The van der Waals surface area contributed by atoms with Gasteiger partial charge in [0.25, 0.3) is 0 Å². The van der Waals surface area contributed by atoms with Crippen LogP contribution in [0.1, 0.15) is 97.8 Å². The number of hydrogen-bond acceptors (Lipinski definition) is 4. The van der Waals surface area contributed by atoms with Gasteiger partial charge in [-0.05, 0) is 64.7 Å². The summed E-state index contributed by atoms with van der Waals surface area (Å²) in [5.41, 5.74) is 1.42. The molecule has 6 heteroatoms. The van der Waals surface area contributed by atoms with Gasteiger partial charge in [-0.2, -0.15) is 0 Å². The minimum absolute atomic E-state index is 0.0411. The van der Waals surface area contributed by atoms with Crippen LogP contribution in [0.4, 0.5) is 0 Å². The van der Waals surface area contributed by atoms with Gasteiger partial charge in [-0.3, -0.25) is 9.59 Å². The predicted molar refractivity (Wildman–Crippen MR) is 127 cm³/mol. The van der Waals surface area contributed by atoms with Gasteiger partial charge in [-0.15, -0.1) is 0 Å². The number of hydrogen-bond donors (Lipinski definition) is 2. The lowest BCUT2D eigenvalue weighted by Gasteiger charge is -2.29. The Morgan fingerprint density at radius 2 is 1.69 bits per heavy atom. The molecule has 2 aliphatic rings.